The number of methoxy groups -OCH3 is 2. The van der Waals surface area contributed by atoms with E-state index in [-0.39, 0.29) is 56.6 Å². The second kappa shape index (κ2) is 12.6. The van der Waals surface area contributed by atoms with Gasteiger partial charge in [-0.25, -0.2) is 0 Å². The van der Waals surface area contributed by atoms with Crippen LogP contribution in [0.1, 0.15) is 15.9 Å². The van der Waals surface area contributed by atoms with Crippen LogP contribution in [-0.4, -0.2) is 50.6 Å². The third-order valence-corrected chi connectivity index (χ3v) is 6.16. The Morgan fingerprint density at radius 2 is 1.49 bits per heavy atom. The predicted octanol–water partition coefficient (Wildman–Crippen LogP) is 5.29. The minimum absolute atomic E-state index is 0.116. The quantitative estimate of drug-likeness (QED) is 0.0862. The van der Waals surface area contributed by atoms with E-state index in [0.717, 1.165) is 29.8 Å². The predicted molar refractivity (Wildman–Crippen MR) is 157 cm³/mol. The van der Waals surface area contributed by atoms with Crippen LogP contribution < -0.4 is 14.9 Å². The van der Waals surface area contributed by atoms with Crippen LogP contribution in [0.2, 0.25) is 0 Å². The van der Waals surface area contributed by atoms with Gasteiger partial charge in [0, 0.05) is 29.8 Å². The van der Waals surface area contributed by atoms with Crippen LogP contribution in [0.5, 0.6) is 46.0 Å². The van der Waals surface area contributed by atoms with E-state index < -0.39 is 22.7 Å². The Hall–Kier alpha value is -6.10. The maximum atomic E-state index is 12.3. The van der Waals surface area contributed by atoms with E-state index in [1.807, 2.05) is 30.3 Å². The van der Waals surface area contributed by atoms with Crippen molar-refractivity contribution in [3.63, 3.8) is 0 Å². The van der Waals surface area contributed by atoms with Gasteiger partial charge >= 0.3 is 0 Å². The van der Waals surface area contributed by atoms with Crippen LogP contribution in [0, 0.1) is 0 Å². The number of hydrogen-bond donors (Lipinski definition) is 6. The first kappa shape index (κ1) is 29.9. The van der Waals surface area contributed by atoms with Crippen molar-refractivity contribution >= 4 is 22.8 Å². The van der Waals surface area contributed by atoms with Crippen LogP contribution in [0.4, 0.5) is 0 Å². The van der Waals surface area contributed by atoms with Gasteiger partial charge < -0.3 is 44.5 Å². The molecule has 1 aromatic heterocycles. The van der Waals surface area contributed by atoms with Gasteiger partial charge in [0.1, 0.15) is 45.3 Å². The van der Waals surface area contributed by atoms with Crippen molar-refractivity contribution in [1.82, 2.24) is 0 Å². The number of rotatable bonds is 6. The first-order valence-corrected chi connectivity index (χ1v) is 12.5. The number of carbonyl (C=O) groups is 1. The molecule has 5 rings (SSSR count). The molecule has 11 nitrogen and oxygen atoms in total. The van der Waals surface area contributed by atoms with Gasteiger partial charge in [-0.1, -0.05) is 36.4 Å². The first-order valence-electron chi connectivity index (χ1n) is 12.5. The monoisotopic (exact) mass is 586 g/mol. The number of allylic oxidation sites excluding steroid dienone is 1. The molecule has 0 atom stereocenters. The number of ether oxygens (including phenoxy) is 2. The topological polar surface area (TPSA) is 187 Å². The summed E-state index contributed by atoms with van der Waals surface area (Å²) in [5.74, 6) is -2.53. The lowest BCUT2D eigenvalue weighted by atomic mass is 10.1. The van der Waals surface area contributed by atoms with Crippen molar-refractivity contribution < 1.29 is 49.3 Å². The fraction of sp³-hybridized carbons (Fsp3) is 0.0625. The van der Waals surface area contributed by atoms with Crippen molar-refractivity contribution in [1.29, 1.82) is 0 Å². The van der Waals surface area contributed by atoms with Crippen molar-refractivity contribution in [2.75, 3.05) is 14.2 Å². The minimum atomic E-state index is -0.888. The number of carbonyl (C=O) groups excluding carboxylic acids is 1. The molecule has 1 heterocycles. The number of aromatic hydroxyl groups is 6. The summed E-state index contributed by atoms with van der Waals surface area (Å²) in [6, 6.07) is 18.0. The smallest absolute Gasteiger partial charge is 0.238 e. The Bertz CT molecular complexity index is 1890. The Kier molecular flexibility index (Phi) is 8.76. The van der Waals surface area contributed by atoms with E-state index in [2.05, 4.69) is 0 Å². The van der Waals surface area contributed by atoms with Gasteiger partial charge in [0.15, 0.2) is 23.0 Å². The van der Waals surface area contributed by atoms with Crippen LogP contribution in [0.15, 0.2) is 88.1 Å². The van der Waals surface area contributed by atoms with Gasteiger partial charge in [0.2, 0.25) is 11.2 Å². The summed E-state index contributed by atoms with van der Waals surface area (Å²) in [6.45, 7) is 0. The number of ketones is 1. The van der Waals surface area contributed by atoms with Gasteiger partial charge in [-0.05, 0) is 29.8 Å². The second-order valence-electron chi connectivity index (χ2n) is 8.98. The lowest BCUT2D eigenvalue weighted by Gasteiger charge is -2.10. The zero-order chi connectivity index (χ0) is 31.3. The number of fused-ring (bicyclic) bond motifs is 1. The van der Waals surface area contributed by atoms with Gasteiger partial charge in [-0.2, -0.15) is 0 Å². The summed E-state index contributed by atoms with van der Waals surface area (Å²) in [6.07, 6.45) is 3.09. The van der Waals surface area contributed by atoms with Gasteiger partial charge in [0.25, 0.3) is 0 Å². The minimum Gasteiger partial charge on any atom is -0.508 e. The van der Waals surface area contributed by atoms with Crippen LogP contribution in [0.25, 0.3) is 28.4 Å². The third kappa shape index (κ3) is 6.46. The molecule has 0 fully saturated rings. The highest BCUT2D eigenvalue weighted by molar-refractivity contribution is 6.10. The summed E-state index contributed by atoms with van der Waals surface area (Å²) in [5, 5.41) is 57.6. The van der Waals surface area contributed by atoms with E-state index in [1.165, 1.54) is 32.4 Å². The summed E-state index contributed by atoms with van der Waals surface area (Å²) in [4.78, 5) is 24.4. The van der Waals surface area contributed by atoms with Crippen LogP contribution in [0.3, 0.4) is 0 Å². The molecule has 43 heavy (non-hydrogen) atoms. The average molecular weight is 587 g/mol. The van der Waals surface area contributed by atoms with Crippen molar-refractivity contribution in [3.05, 3.63) is 100 Å². The van der Waals surface area contributed by atoms with E-state index in [0.29, 0.717) is 5.75 Å². The molecule has 6 N–H and O–H groups in total. The summed E-state index contributed by atoms with van der Waals surface area (Å²) in [5.41, 5.74) is 0.127. The number of phenolic OH excluding ortho intramolecular Hbond substituents is 5. The van der Waals surface area contributed by atoms with Crippen LogP contribution in [-0.2, 0) is 0 Å². The highest BCUT2D eigenvalue weighted by Crippen LogP contribution is 2.38. The number of phenols is 5. The number of hydrogen-bond acceptors (Lipinski definition) is 11. The fourth-order valence-electron chi connectivity index (χ4n) is 4.06. The number of benzene rings is 4. The molecule has 0 aliphatic carbocycles. The Morgan fingerprint density at radius 3 is 2.14 bits per heavy atom. The maximum absolute atomic E-state index is 12.3. The highest BCUT2D eigenvalue weighted by Gasteiger charge is 2.20. The molecule has 0 saturated heterocycles. The third-order valence-electron chi connectivity index (χ3n) is 6.16. The van der Waals surface area contributed by atoms with Crippen LogP contribution >= 0.6 is 0 Å². The average Bonchev–Trinajstić information content (AvgIpc) is 2.99. The molecule has 0 radical (unpaired) electrons. The Balaban J connectivity index is 0.000000197. The van der Waals surface area contributed by atoms with E-state index >= 15 is 0 Å². The van der Waals surface area contributed by atoms with E-state index in [9.17, 15) is 40.2 Å². The highest BCUT2D eigenvalue weighted by atomic mass is 16.5. The van der Waals surface area contributed by atoms with E-state index in [1.54, 1.807) is 12.1 Å². The molecule has 0 aliphatic heterocycles. The molecule has 5 aromatic rings. The molecule has 0 saturated carbocycles. The second-order valence-corrected chi connectivity index (χ2v) is 8.98. The standard InChI is InChI=1S/C17H16O4.C15H10O7/c1-20-13-10-15(19)17(16(11-13)21-2)14(18)9-8-12-6-4-3-5-7-12;16-7-4-10(19)12-11(5-7)22-15(14(21)13(12)20)6-1-2-8(17)9(18)3-6/h3-11,19H,1-2H3;1-5,16-19,21H. The lowest BCUT2D eigenvalue weighted by Crippen LogP contribution is -2.02. The SMILES string of the molecule is COc1cc(O)c(C(=O)C=Cc2ccccc2)c(OC)c1.O=c1c(O)c(-c2ccc(O)c(O)c2)oc2cc(O)cc(O)c12. The molecular weight excluding hydrogens is 560 g/mol. The molecule has 11 heteroatoms. The molecule has 0 spiro atoms. The molecule has 0 unspecified atom stereocenters. The molecule has 0 bridgehead atoms. The lowest BCUT2D eigenvalue weighted by molar-refractivity contribution is 0.104. The van der Waals surface area contributed by atoms with E-state index in [4.69, 9.17) is 13.9 Å². The Morgan fingerprint density at radius 1 is 0.767 bits per heavy atom. The maximum Gasteiger partial charge on any atom is 0.238 e. The Labute approximate surface area is 244 Å². The van der Waals surface area contributed by atoms with Crippen molar-refractivity contribution in [2.45, 2.75) is 0 Å². The molecule has 0 aliphatic rings. The zero-order valence-electron chi connectivity index (χ0n) is 22.8. The fourth-order valence-corrected chi connectivity index (χ4v) is 4.06. The van der Waals surface area contributed by atoms with Crippen molar-refractivity contribution in [3.8, 4) is 57.3 Å². The normalized spacial score (nSPS) is 10.7. The van der Waals surface area contributed by atoms with Gasteiger partial charge in [-0.3, -0.25) is 9.59 Å². The van der Waals surface area contributed by atoms with Crippen molar-refractivity contribution in [2.24, 2.45) is 0 Å². The molecule has 0 amide bonds. The molecular formula is C32H26O11. The summed E-state index contributed by atoms with van der Waals surface area (Å²) in [7, 11) is 2.91. The summed E-state index contributed by atoms with van der Waals surface area (Å²) < 4.78 is 15.5. The van der Waals surface area contributed by atoms with Gasteiger partial charge in [0.05, 0.1) is 14.2 Å². The largest absolute Gasteiger partial charge is 0.508 e. The zero-order valence-corrected chi connectivity index (χ0v) is 22.8. The first-order chi connectivity index (χ1) is 20.5. The molecule has 4 aromatic carbocycles. The summed E-state index contributed by atoms with van der Waals surface area (Å²) >= 11 is 0. The molecule has 220 valence electrons. The van der Waals surface area contributed by atoms with Gasteiger partial charge in [-0.15, -0.1) is 0 Å².